The molecule has 1 atom stereocenters. The number of aliphatic carboxylic acids is 1. The van der Waals surface area contributed by atoms with Crippen molar-refractivity contribution in [3.05, 3.63) is 51.2 Å². The fourth-order valence-corrected chi connectivity index (χ4v) is 4.46. The van der Waals surface area contributed by atoms with Gasteiger partial charge in [0.1, 0.15) is 10.7 Å². The molecule has 26 heavy (non-hydrogen) atoms. The van der Waals surface area contributed by atoms with Crippen LogP contribution < -0.4 is 5.32 Å². The number of carbonyl (C=O) groups is 2. The number of hydrogen-bond donors (Lipinski definition) is 2. The molecular formula is C19H21FN2O3S. The summed E-state index contributed by atoms with van der Waals surface area (Å²) in [4.78, 5) is 29.0. The molecule has 1 aliphatic rings. The highest BCUT2D eigenvalue weighted by Crippen LogP contribution is 2.37. The molecule has 1 aromatic carbocycles. The lowest BCUT2D eigenvalue weighted by Crippen LogP contribution is -2.30. The van der Waals surface area contributed by atoms with Crippen LogP contribution in [0.3, 0.4) is 0 Å². The summed E-state index contributed by atoms with van der Waals surface area (Å²) in [5.74, 6) is -1.35. The van der Waals surface area contributed by atoms with E-state index in [4.69, 9.17) is 5.11 Å². The fourth-order valence-electron chi connectivity index (χ4n) is 3.32. The van der Waals surface area contributed by atoms with E-state index in [0.29, 0.717) is 22.1 Å². The van der Waals surface area contributed by atoms with Crippen LogP contribution in [-0.2, 0) is 4.79 Å². The molecule has 1 aromatic heterocycles. The lowest BCUT2D eigenvalue weighted by atomic mass is 10.0. The first-order valence-electron chi connectivity index (χ1n) is 8.69. The van der Waals surface area contributed by atoms with Gasteiger partial charge in [0.2, 0.25) is 0 Å². The minimum atomic E-state index is -1.03. The summed E-state index contributed by atoms with van der Waals surface area (Å²) in [5, 5.41) is 12.9. The molecule has 0 saturated heterocycles. The van der Waals surface area contributed by atoms with E-state index in [1.54, 1.807) is 6.92 Å². The first kappa shape index (κ1) is 18.5. The van der Waals surface area contributed by atoms with Crippen molar-refractivity contribution in [2.75, 3.05) is 0 Å². The Hall–Kier alpha value is -2.28. The van der Waals surface area contributed by atoms with E-state index in [1.807, 2.05) is 0 Å². The first-order valence-corrected chi connectivity index (χ1v) is 9.51. The Morgan fingerprint density at radius 3 is 2.58 bits per heavy atom. The van der Waals surface area contributed by atoms with Gasteiger partial charge in [0.05, 0.1) is 23.2 Å². The van der Waals surface area contributed by atoms with Gasteiger partial charge in [0, 0.05) is 5.92 Å². The number of amides is 1. The van der Waals surface area contributed by atoms with E-state index in [-0.39, 0.29) is 12.3 Å². The Kier molecular flexibility index (Phi) is 5.66. The quantitative estimate of drug-likeness (QED) is 0.792. The third kappa shape index (κ3) is 4.27. The van der Waals surface area contributed by atoms with Gasteiger partial charge in [0.25, 0.3) is 5.91 Å². The summed E-state index contributed by atoms with van der Waals surface area (Å²) in [6.45, 7) is 1.80. The monoisotopic (exact) mass is 376 g/mol. The Bertz CT molecular complexity index is 798. The number of carbonyl (C=O) groups excluding carboxylic acids is 1. The number of benzene rings is 1. The number of halogens is 1. The van der Waals surface area contributed by atoms with Crippen molar-refractivity contribution in [1.82, 2.24) is 10.3 Å². The molecule has 0 bridgehead atoms. The third-order valence-corrected chi connectivity index (χ3v) is 6.00. The summed E-state index contributed by atoms with van der Waals surface area (Å²) < 4.78 is 13.1. The van der Waals surface area contributed by atoms with Gasteiger partial charge in [-0.3, -0.25) is 9.59 Å². The van der Waals surface area contributed by atoms with Gasteiger partial charge in [-0.25, -0.2) is 9.37 Å². The molecule has 1 heterocycles. The molecule has 1 aliphatic carbocycles. The number of rotatable bonds is 6. The summed E-state index contributed by atoms with van der Waals surface area (Å²) >= 11 is 1.39. The summed E-state index contributed by atoms with van der Waals surface area (Å²) in [6, 6.07) is 4.77. The molecule has 5 nitrogen and oxygen atoms in total. The Morgan fingerprint density at radius 2 is 1.96 bits per heavy atom. The zero-order valence-corrected chi connectivity index (χ0v) is 15.3. The number of carboxylic acids is 1. The number of aryl methyl sites for hydroxylation is 1. The molecule has 1 amide bonds. The number of aromatic nitrogens is 1. The predicted molar refractivity (Wildman–Crippen MR) is 96.9 cm³/mol. The third-order valence-electron chi connectivity index (χ3n) is 4.68. The minimum absolute atomic E-state index is 0.273. The molecule has 1 fully saturated rings. The fraction of sp³-hybridized carbons (Fsp3) is 0.421. The SMILES string of the molecule is Cc1nc(C2CCCC2)sc1C(=O)NC(CC(=O)O)c1ccc(F)cc1. The highest BCUT2D eigenvalue weighted by atomic mass is 32.1. The van der Waals surface area contributed by atoms with Crippen molar-refractivity contribution in [2.24, 2.45) is 0 Å². The number of nitrogens with one attached hydrogen (secondary N) is 1. The van der Waals surface area contributed by atoms with Crippen molar-refractivity contribution < 1.29 is 19.1 Å². The Labute approximate surface area is 155 Å². The van der Waals surface area contributed by atoms with E-state index < -0.39 is 17.8 Å². The van der Waals surface area contributed by atoms with Gasteiger partial charge in [-0.05, 0) is 37.5 Å². The standard InChI is InChI=1S/C19H21FN2O3S/c1-11-17(26-19(21-11)13-4-2-3-5-13)18(25)22-15(10-16(23)24)12-6-8-14(20)9-7-12/h6-9,13,15H,2-5,10H2,1H3,(H,22,25)(H,23,24). The summed E-state index contributed by atoms with van der Waals surface area (Å²) in [6.07, 6.45) is 4.31. The maximum atomic E-state index is 13.1. The second kappa shape index (κ2) is 7.95. The van der Waals surface area contributed by atoms with E-state index in [9.17, 15) is 14.0 Å². The molecular weight excluding hydrogens is 355 g/mol. The van der Waals surface area contributed by atoms with Gasteiger partial charge in [-0.2, -0.15) is 0 Å². The zero-order chi connectivity index (χ0) is 18.7. The van der Waals surface area contributed by atoms with Crippen LogP contribution in [0, 0.1) is 12.7 Å². The molecule has 1 unspecified atom stereocenters. The molecule has 7 heteroatoms. The highest BCUT2D eigenvalue weighted by molar-refractivity contribution is 7.13. The second-order valence-electron chi connectivity index (χ2n) is 6.62. The zero-order valence-electron chi connectivity index (χ0n) is 14.5. The van der Waals surface area contributed by atoms with Crippen LogP contribution in [0.2, 0.25) is 0 Å². The normalized spacial score (nSPS) is 15.8. The Balaban J connectivity index is 1.79. The highest BCUT2D eigenvalue weighted by Gasteiger charge is 2.25. The predicted octanol–water partition coefficient (Wildman–Crippen LogP) is 4.19. The summed E-state index contributed by atoms with van der Waals surface area (Å²) in [7, 11) is 0. The average Bonchev–Trinajstić information content (AvgIpc) is 3.23. The summed E-state index contributed by atoms with van der Waals surface area (Å²) in [5.41, 5.74) is 1.22. The van der Waals surface area contributed by atoms with Gasteiger partial charge >= 0.3 is 5.97 Å². The van der Waals surface area contributed by atoms with E-state index in [2.05, 4.69) is 10.3 Å². The molecule has 1 saturated carbocycles. The lowest BCUT2D eigenvalue weighted by molar-refractivity contribution is -0.137. The van der Waals surface area contributed by atoms with Gasteiger partial charge in [-0.1, -0.05) is 25.0 Å². The number of thiazole rings is 1. The van der Waals surface area contributed by atoms with E-state index >= 15 is 0 Å². The van der Waals surface area contributed by atoms with Crippen LogP contribution in [0.1, 0.15) is 70.0 Å². The van der Waals surface area contributed by atoms with Crippen LogP contribution >= 0.6 is 11.3 Å². The molecule has 3 rings (SSSR count). The smallest absolute Gasteiger partial charge is 0.305 e. The number of nitrogens with zero attached hydrogens (tertiary/aromatic N) is 1. The van der Waals surface area contributed by atoms with E-state index in [1.165, 1.54) is 48.4 Å². The second-order valence-corrected chi connectivity index (χ2v) is 7.65. The number of carboxylic acid groups (broad SMARTS) is 1. The van der Waals surface area contributed by atoms with E-state index in [0.717, 1.165) is 17.8 Å². The maximum absolute atomic E-state index is 13.1. The van der Waals surface area contributed by atoms with Crippen LogP contribution in [0.25, 0.3) is 0 Å². The van der Waals surface area contributed by atoms with Crippen molar-refractivity contribution >= 4 is 23.2 Å². The maximum Gasteiger partial charge on any atom is 0.305 e. The van der Waals surface area contributed by atoms with Crippen LogP contribution in [0.15, 0.2) is 24.3 Å². The lowest BCUT2D eigenvalue weighted by Gasteiger charge is -2.17. The van der Waals surface area contributed by atoms with Gasteiger partial charge in [-0.15, -0.1) is 11.3 Å². The number of hydrogen-bond acceptors (Lipinski definition) is 4. The molecule has 0 spiro atoms. The van der Waals surface area contributed by atoms with Crippen molar-refractivity contribution in [1.29, 1.82) is 0 Å². The van der Waals surface area contributed by atoms with Crippen molar-refractivity contribution in [2.45, 2.75) is 51.0 Å². The largest absolute Gasteiger partial charge is 0.481 e. The molecule has 2 N–H and O–H groups in total. The molecule has 0 radical (unpaired) electrons. The van der Waals surface area contributed by atoms with Crippen molar-refractivity contribution in [3.8, 4) is 0 Å². The topological polar surface area (TPSA) is 79.3 Å². The Morgan fingerprint density at radius 1 is 1.31 bits per heavy atom. The van der Waals surface area contributed by atoms with Gasteiger partial charge in [0.15, 0.2) is 0 Å². The molecule has 138 valence electrons. The van der Waals surface area contributed by atoms with Gasteiger partial charge < -0.3 is 10.4 Å². The molecule has 0 aliphatic heterocycles. The van der Waals surface area contributed by atoms with Crippen LogP contribution in [0.4, 0.5) is 4.39 Å². The molecule has 2 aromatic rings. The minimum Gasteiger partial charge on any atom is -0.481 e. The first-order chi connectivity index (χ1) is 12.4. The van der Waals surface area contributed by atoms with Crippen LogP contribution in [0.5, 0.6) is 0 Å². The van der Waals surface area contributed by atoms with Crippen LogP contribution in [-0.4, -0.2) is 22.0 Å². The van der Waals surface area contributed by atoms with Crippen molar-refractivity contribution in [3.63, 3.8) is 0 Å². The average molecular weight is 376 g/mol.